The predicted octanol–water partition coefficient (Wildman–Crippen LogP) is 5.11. The summed E-state index contributed by atoms with van der Waals surface area (Å²) in [6, 6.07) is 15.9. The van der Waals surface area contributed by atoms with Crippen molar-refractivity contribution >= 4 is 11.7 Å². The van der Waals surface area contributed by atoms with Crippen molar-refractivity contribution in [3.8, 4) is 11.1 Å². The van der Waals surface area contributed by atoms with Crippen LogP contribution in [0.25, 0.3) is 11.1 Å². The lowest BCUT2D eigenvalue weighted by molar-refractivity contribution is 0.142. The van der Waals surface area contributed by atoms with Gasteiger partial charge in [0.25, 0.3) is 0 Å². The van der Waals surface area contributed by atoms with Crippen molar-refractivity contribution in [3.63, 3.8) is 0 Å². The summed E-state index contributed by atoms with van der Waals surface area (Å²) in [5.74, 6) is 1.10. The first-order chi connectivity index (χ1) is 13.6. The maximum Gasteiger partial charge on any atom is 0.322 e. The van der Waals surface area contributed by atoms with Crippen molar-refractivity contribution in [2.24, 2.45) is 0 Å². The number of aryl methyl sites for hydroxylation is 2. The predicted molar refractivity (Wildman–Crippen MR) is 108 cm³/mol. The minimum atomic E-state index is -0.171. The third-order valence-electron chi connectivity index (χ3n) is 5.06. The monoisotopic (exact) mass is 376 g/mol. The molecule has 0 spiro atoms. The molecule has 0 radical (unpaired) electrons. The van der Waals surface area contributed by atoms with Crippen molar-refractivity contribution < 1.29 is 9.32 Å². The molecule has 2 aromatic carbocycles. The van der Waals surface area contributed by atoms with Gasteiger partial charge in [0.1, 0.15) is 6.04 Å². The number of likely N-dealkylation sites (tertiary alicyclic amines) is 1. The van der Waals surface area contributed by atoms with E-state index >= 15 is 0 Å². The van der Waals surface area contributed by atoms with Crippen LogP contribution < -0.4 is 5.32 Å². The number of nitrogens with zero attached hydrogens (tertiary/aromatic N) is 3. The Morgan fingerprint density at radius 2 is 1.89 bits per heavy atom. The molecule has 144 valence electrons. The van der Waals surface area contributed by atoms with Crippen LogP contribution in [0.1, 0.15) is 42.6 Å². The number of nitrogens with one attached hydrogen (secondary N) is 1. The van der Waals surface area contributed by atoms with E-state index in [-0.39, 0.29) is 12.1 Å². The highest BCUT2D eigenvalue weighted by Crippen LogP contribution is 2.31. The second-order valence-corrected chi connectivity index (χ2v) is 7.27. The van der Waals surface area contributed by atoms with Crippen molar-refractivity contribution in [2.45, 2.75) is 39.2 Å². The Labute approximate surface area is 164 Å². The van der Waals surface area contributed by atoms with E-state index in [0.717, 1.165) is 36.1 Å². The molecule has 1 saturated heterocycles. The average molecular weight is 376 g/mol. The number of hydrogen-bond donors (Lipinski definition) is 1. The molecule has 2 amide bonds. The van der Waals surface area contributed by atoms with Gasteiger partial charge in [0.2, 0.25) is 5.89 Å². The highest BCUT2D eigenvalue weighted by Gasteiger charge is 2.32. The number of benzene rings is 2. The molecule has 1 aromatic heterocycles. The van der Waals surface area contributed by atoms with Crippen LogP contribution >= 0.6 is 0 Å². The van der Waals surface area contributed by atoms with E-state index in [1.165, 1.54) is 5.56 Å². The van der Waals surface area contributed by atoms with Crippen LogP contribution in [0.2, 0.25) is 0 Å². The van der Waals surface area contributed by atoms with E-state index in [2.05, 4.69) is 46.6 Å². The Morgan fingerprint density at radius 1 is 1.11 bits per heavy atom. The summed E-state index contributed by atoms with van der Waals surface area (Å²) in [5.41, 5.74) is 4.19. The molecular weight excluding hydrogens is 352 g/mol. The summed E-state index contributed by atoms with van der Waals surface area (Å²) < 4.78 is 5.34. The summed E-state index contributed by atoms with van der Waals surface area (Å²) in [7, 11) is 0. The first-order valence-corrected chi connectivity index (χ1v) is 9.65. The summed E-state index contributed by atoms with van der Waals surface area (Å²) in [6.45, 7) is 4.54. The highest BCUT2D eigenvalue weighted by molar-refractivity contribution is 5.90. The van der Waals surface area contributed by atoms with Crippen LogP contribution in [-0.4, -0.2) is 27.6 Å². The molecule has 3 aromatic rings. The van der Waals surface area contributed by atoms with E-state index in [0.29, 0.717) is 18.3 Å². The minimum absolute atomic E-state index is 0.137. The Bertz CT molecular complexity index is 982. The Balaban J connectivity index is 1.53. The van der Waals surface area contributed by atoms with Crippen molar-refractivity contribution in [2.75, 3.05) is 11.9 Å². The third kappa shape index (κ3) is 3.91. The van der Waals surface area contributed by atoms with Gasteiger partial charge in [-0.25, -0.2) is 4.79 Å². The molecule has 1 fully saturated rings. The van der Waals surface area contributed by atoms with E-state index in [9.17, 15) is 4.79 Å². The van der Waals surface area contributed by atoms with Gasteiger partial charge in [0, 0.05) is 12.2 Å². The van der Waals surface area contributed by atoms with E-state index < -0.39 is 0 Å². The van der Waals surface area contributed by atoms with Gasteiger partial charge < -0.3 is 14.7 Å². The van der Waals surface area contributed by atoms with Gasteiger partial charge in [0.05, 0.1) is 0 Å². The normalized spacial score (nSPS) is 16.8. The molecule has 1 unspecified atom stereocenters. The van der Waals surface area contributed by atoms with E-state index in [1.54, 1.807) is 11.8 Å². The zero-order valence-electron chi connectivity index (χ0n) is 16.2. The molecule has 0 bridgehead atoms. The molecule has 4 rings (SSSR count). The van der Waals surface area contributed by atoms with Gasteiger partial charge in [-0.3, -0.25) is 0 Å². The van der Waals surface area contributed by atoms with Gasteiger partial charge in [-0.2, -0.15) is 4.98 Å². The fraction of sp³-hybridized carbons (Fsp3) is 0.318. The fourth-order valence-electron chi connectivity index (χ4n) is 3.68. The number of carbonyl (C=O) groups excluding carboxylic acids is 1. The number of anilines is 1. The van der Waals surface area contributed by atoms with Gasteiger partial charge in [-0.1, -0.05) is 47.1 Å². The molecule has 0 saturated carbocycles. The molecule has 1 N–H and O–H groups in total. The Hall–Kier alpha value is -3.15. The van der Waals surface area contributed by atoms with Crippen molar-refractivity contribution in [3.05, 3.63) is 65.8 Å². The molecule has 6 nitrogen and oxygen atoms in total. The molecule has 2 heterocycles. The molecule has 1 aliphatic rings. The van der Waals surface area contributed by atoms with Crippen LogP contribution in [0.15, 0.2) is 53.1 Å². The first kappa shape index (κ1) is 18.2. The molecule has 0 aliphatic carbocycles. The lowest BCUT2D eigenvalue weighted by Crippen LogP contribution is -2.41. The number of hydrogen-bond acceptors (Lipinski definition) is 4. The number of rotatable bonds is 3. The quantitative estimate of drug-likeness (QED) is 0.689. The van der Waals surface area contributed by atoms with Crippen molar-refractivity contribution in [1.29, 1.82) is 0 Å². The lowest BCUT2D eigenvalue weighted by atomic mass is 10.0. The number of piperidine rings is 1. The first-order valence-electron chi connectivity index (χ1n) is 9.65. The summed E-state index contributed by atoms with van der Waals surface area (Å²) in [6.07, 6.45) is 2.84. The van der Waals surface area contributed by atoms with Gasteiger partial charge in [0.15, 0.2) is 5.82 Å². The smallest absolute Gasteiger partial charge is 0.322 e. The maximum atomic E-state index is 13.0. The zero-order chi connectivity index (χ0) is 19.5. The van der Waals surface area contributed by atoms with Crippen LogP contribution in [0.5, 0.6) is 0 Å². The molecule has 1 aliphatic heterocycles. The van der Waals surface area contributed by atoms with Gasteiger partial charge in [-0.05, 0) is 56.4 Å². The second-order valence-electron chi connectivity index (χ2n) is 7.27. The van der Waals surface area contributed by atoms with Crippen LogP contribution in [0.3, 0.4) is 0 Å². The Kier molecular flexibility index (Phi) is 5.10. The van der Waals surface area contributed by atoms with E-state index in [1.807, 2.05) is 24.3 Å². The number of aromatic nitrogens is 2. The molecule has 28 heavy (non-hydrogen) atoms. The van der Waals surface area contributed by atoms with Crippen LogP contribution in [0, 0.1) is 13.8 Å². The number of amides is 2. The SMILES string of the molecule is Cc1cccc(-c2cccc(NC(=O)N3CCCCC3c3nc(C)no3)c2)c1. The minimum Gasteiger partial charge on any atom is -0.337 e. The molecular formula is C22H24N4O2. The summed E-state index contributed by atoms with van der Waals surface area (Å²) >= 11 is 0. The second kappa shape index (κ2) is 7.84. The maximum absolute atomic E-state index is 13.0. The number of urea groups is 1. The average Bonchev–Trinajstić information content (AvgIpc) is 3.14. The van der Waals surface area contributed by atoms with E-state index in [4.69, 9.17) is 4.52 Å². The fourth-order valence-corrected chi connectivity index (χ4v) is 3.68. The Morgan fingerprint density at radius 3 is 2.64 bits per heavy atom. The van der Waals surface area contributed by atoms with Crippen LogP contribution in [0.4, 0.5) is 10.5 Å². The molecule has 6 heteroatoms. The highest BCUT2D eigenvalue weighted by atomic mass is 16.5. The molecule has 1 atom stereocenters. The lowest BCUT2D eigenvalue weighted by Gasteiger charge is -2.33. The van der Waals surface area contributed by atoms with Gasteiger partial charge in [-0.15, -0.1) is 0 Å². The van der Waals surface area contributed by atoms with Crippen LogP contribution in [-0.2, 0) is 0 Å². The summed E-state index contributed by atoms with van der Waals surface area (Å²) in [5, 5.41) is 6.92. The van der Waals surface area contributed by atoms with Gasteiger partial charge >= 0.3 is 6.03 Å². The third-order valence-corrected chi connectivity index (χ3v) is 5.06. The topological polar surface area (TPSA) is 71.3 Å². The van der Waals surface area contributed by atoms with Crippen molar-refractivity contribution in [1.82, 2.24) is 15.0 Å². The zero-order valence-corrected chi connectivity index (χ0v) is 16.2. The standard InChI is InChI=1S/C22H24N4O2/c1-15-7-5-8-17(13-15)18-9-6-10-19(14-18)24-22(27)26-12-4-3-11-20(26)21-23-16(2)25-28-21/h5-10,13-14,20H,3-4,11-12H2,1-2H3,(H,24,27). The largest absolute Gasteiger partial charge is 0.337 e. The number of carbonyl (C=O) groups is 1. The summed E-state index contributed by atoms with van der Waals surface area (Å²) in [4.78, 5) is 19.1.